The lowest BCUT2D eigenvalue weighted by Crippen LogP contribution is -2.20. The van der Waals surface area contributed by atoms with Crippen molar-refractivity contribution < 1.29 is 22.7 Å². The molecule has 0 aromatic heterocycles. The van der Waals surface area contributed by atoms with Gasteiger partial charge in [-0.25, -0.2) is 8.42 Å². The SMILES string of the molecule is CCC[C@@H]1[C@@H](C(=O)c2cc(C)ccc2OCOC)N1S(=O)(=O)c1ccc(C)cc1. The monoisotopic (exact) mass is 417 g/mol. The summed E-state index contributed by atoms with van der Waals surface area (Å²) in [6, 6.07) is 11.0. The minimum atomic E-state index is -3.75. The van der Waals surface area contributed by atoms with Crippen LogP contribution in [0.2, 0.25) is 0 Å². The van der Waals surface area contributed by atoms with E-state index in [2.05, 4.69) is 0 Å². The maximum atomic E-state index is 13.3. The smallest absolute Gasteiger partial charge is 0.244 e. The molecular weight excluding hydrogens is 390 g/mol. The second-order valence-corrected chi connectivity index (χ2v) is 9.21. The second kappa shape index (κ2) is 8.65. The number of ether oxygens (including phenoxy) is 2. The van der Waals surface area contributed by atoms with E-state index in [1.54, 1.807) is 36.4 Å². The lowest BCUT2D eigenvalue weighted by atomic mass is 10.0. The van der Waals surface area contributed by atoms with Gasteiger partial charge in [0.05, 0.1) is 16.5 Å². The minimum absolute atomic E-state index is 0.0117. The zero-order valence-corrected chi connectivity index (χ0v) is 18.0. The number of sulfonamides is 1. The van der Waals surface area contributed by atoms with Gasteiger partial charge in [0.25, 0.3) is 0 Å². The Labute approximate surface area is 172 Å². The van der Waals surface area contributed by atoms with Crippen LogP contribution in [0.3, 0.4) is 0 Å². The Morgan fingerprint density at radius 3 is 2.34 bits per heavy atom. The van der Waals surface area contributed by atoms with Crippen molar-refractivity contribution >= 4 is 15.8 Å². The van der Waals surface area contributed by atoms with E-state index in [1.165, 1.54) is 11.4 Å². The van der Waals surface area contributed by atoms with Crippen LogP contribution < -0.4 is 4.74 Å². The summed E-state index contributed by atoms with van der Waals surface area (Å²) in [5, 5.41) is 0. The van der Waals surface area contributed by atoms with E-state index in [0.717, 1.165) is 17.5 Å². The van der Waals surface area contributed by atoms with E-state index >= 15 is 0 Å². The summed E-state index contributed by atoms with van der Waals surface area (Å²) >= 11 is 0. The van der Waals surface area contributed by atoms with Crippen LogP contribution >= 0.6 is 0 Å². The molecule has 156 valence electrons. The summed E-state index contributed by atoms with van der Waals surface area (Å²) in [7, 11) is -2.25. The highest BCUT2D eigenvalue weighted by Crippen LogP contribution is 2.41. The number of Topliss-reactive ketones (excluding diaryl/α,β-unsaturated/α-hetero) is 1. The molecule has 7 heteroatoms. The van der Waals surface area contributed by atoms with Crippen LogP contribution in [-0.2, 0) is 14.8 Å². The average molecular weight is 418 g/mol. The van der Waals surface area contributed by atoms with E-state index in [9.17, 15) is 13.2 Å². The van der Waals surface area contributed by atoms with Gasteiger partial charge in [0.15, 0.2) is 12.6 Å². The average Bonchev–Trinajstić information content (AvgIpc) is 3.42. The highest BCUT2D eigenvalue weighted by Gasteiger charge is 2.59. The molecule has 0 N–H and O–H groups in total. The predicted molar refractivity (Wildman–Crippen MR) is 111 cm³/mol. The molecule has 1 saturated heterocycles. The summed E-state index contributed by atoms with van der Waals surface area (Å²) in [6.07, 6.45) is 1.41. The van der Waals surface area contributed by atoms with E-state index < -0.39 is 16.1 Å². The molecule has 2 aromatic carbocycles. The molecule has 1 aliphatic rings. The standard InChI is InChI=1S/C22H27NO5S/c1-5-6-19-21(23(19)29(25,26)17-10-7-15(2)8-11-17)22(24)18-13-16(3)9-12-20(18)28-14-27-4/h7-13,19,21H,5-6,14H2,1-4H3/t19-,21+,23?/m1/s1. The number of ketones is 1. The van der Waals surface area contributed by atoms with Gasteiger partial charge in [-0.1, -0.05) is 42.7 Å². The molecule has 6 nitrogen and oxygen atoms in total. The first-order chi connectivity index (χ1) is 13.8. The van der Waals surface area contributed by atoms with Crippen LogP contribution in [0.1, 0.15) is 41.3 Å². The van der Waals surface area contributed by atoms with Gasteiger partial charge >= 0.3 is 0 Å². The van der Waals surface area contributed by atoms with E-state index in [0.29, 0.717) is 17.7 Å². The normalized spacial score (nSPS) is 21.0. The van der Waals surface area contributed by atoms with Gasteiger partial charge in [0.2, 0.25) is 10.0 Å². The summed E-state index contributed by atoms with van der Waals surface area (Å²) < 4.78 is 38.2. The van der Waals surface area contributed by atoms with Crippen molar-refractivity contribution in [3.63, 3.8) is 0 Å². The topological polar surface area (TPSA) is 72.7 Å². The number of hydrogen-bond donors (Lipinski definition) is 0. The van der Waals surface area contributed by atoms with Gasteiger partial charge < -0.3 is 9.47 Å². The van der Waals surface area contributed by atoms with Crippen LogP contribution in [0, 0.1) is 13.8 Å². The number of hydrogen-bond acceptors (Lipinski definition) is 5. The molecule has 0 aliphatic carbocycles. The van der Waals surface area contributed by atoms with Crippen molar-refractivity contribution in [2.45, 2.75) is 50.6 Å². The van der Waals surface area contributed by atoms with Crippen molar-refractivity contribution in [1.29, 1.82) is 0 Å². The Hall–Kier alpha value is -2.22. The Morgan fingerprint density at radius 2 is 1.72 bits per heavy atom. The number of carbonyl (C=O) groups excluding carboxylic acids is 1. The Kier molecular flexibility index (Phi) is 6.41. The van der Waals surface area contributed by atoms with E-state index in [1.807, 2.05) is 26.8 Å². The molecule has 1 fully saturated rings. The lowest BCUT2D eigenvalue weighted by Gasteiger charge is -2.11. The van der Waals surface area contributed by atoms with Crippen LogP contribution in [0.4, 0.5) is 0 Å². The predicted octanol–water partition coefficient (Wildman–Crippen LogP) is 3.71. The molecule has 1 heterocycles. The van der Waals surface area contributed by atoms with Crippen LogP contribution in [0.25, 0.3) is 0 Å². The number of aryl methyl sites for hydroxylation is 2. The largest absolute Gasteiger partial charge is 0.467 e. The van der Waals surface area contributed by atoms with E-state index in [4.69, 9.17) is 9.47 Å². The first kappa shape index (κ1) is 21.5. The van der Waals surface area contributed by atoms with E-state index in [-0.39, 0.29) is 23.5 Å². The summed E-state index contributed by atoms with van der Waals surface area (Å²) in [4.78, 5) is 13.6. The maximum Gasteiger partial charge on any atom is 0.244 e. The highest BCUT2D eigenvalue weighted by atomic mass is 32.2. The highest BCUT2D eigenvalue weighted by molar-refractivity contribution is 7.89. The van der Waals surface area contributed by atoms with Crippen molar-refractivity contribution in [3.05, 3.63) is 59.2 Å². The number of methoxy groups -OCH3 is 1. The van der Waals surface area contributed by atoms with Crippen molar-refractivity contribution in [1.82, 2.24) is 4.31 Å². The van der Waals surface area contributed by atoms with Gasteiger partial charge in [-0.3, -0.25) is 4.79 Å². The Bertz CT molecular complexity index is 985. The van der Waals surface area contributed by atoms with Crippen molar-refractivity contribution in [2.75, 3.05) is 13.9 Å². The van der Waals surface area contributed by atoms with Gasteiger partial charge in [-0.05, 0) is 44.5 Å². The molecule has 3 atom stereocenters. The molecule has 0 saturated carbocycles. The summed E-state index contributed by atoms with van der Waals surface area (Å²) in [5.74, 6) is 0.159. The Morgan fingerprint density at radius 1 is 1.07 bits per heavy atom. The molecule has 1 aliphatic heterocycles. The first-order valence-electron chi connectivity index (χ1n) is 9.68. The molecular formula is C22H27NO5S. The molecule has 1 unspecified atom stereocenters. The minimum Gasteiger partial charge on any atom is -0.467 e. The fourth-order valence-electron chi connectivity index (χ4n) is 3.53. The zero-order chi connectivity index (χ0) is 21.2. The Balaban J connectivity index is 1.94. The fraction of sp³-hybridized carbons (Fsp3) is 0.409. The second-order valence-electron chi connectivity index (χ2n) is 7.36. The van der Waals surface area contributed by atoms with Crippen LogP contribution in [0.15, 0.2) is 47.4 Å². The van der Waals surface area contributed by atoms with Gasteiger partial charge in [0, 0.05) is 7.11 Å². The zero-order valence-electron chi connectivity index (χ0n) is 17.2. The molecule has 0 spiro atoms. The van der Waals surface area contributed by atoms with Gasteiger partial charge in [0.1, 0.15) is 11.8 Å². The van der Waals surface area contributed by atoms with Crippen LogP contribution in [0.5, 0.6) is 5.75 Å². The third-order valence-electron chi connectivity index (χ3n) is 5.06. The number of rotatable bonds is 9. The number of carbonyl (C=O) groups is 1. The van der Waals surface area contributed by atoms with Gasteiger partial charge in [-0.2, -0.15) is 4.31 Å². The van der Waals surface area contributed by atoms with Crippen molar-refractivity contribution in [3.8, 4) is 5.75 Å². The third-order valence-corrected chi connectivity index (χ3v) is 6.98. The fourth-order valence-corrected chi connectivity index (χ4v) is 5.31. The van der Waals surface area contributed by atoms with Gasteiger partial charge in [-0.15, -0.1) is 0 Å². The lowest BCUT2D eigenvalue weighted by molar-refractivity contribution is 0.0502. The quantitative estimate of drug-likeness (QED) is 0.353. The molecule has 0 radical (unpaired) electrons. The molecule has 0 bridgehead atoms. The molecule has 29 heavy (non-hydrogen) atoms. The third kappa shape index (κ3) is 4.37. The number of nitrogens with zero attached hydrogens (tertiary/aromatic N) is 1. The van der Waals surface area contributed by atoms with Crippen LogP contribution in [-0.4, -0.2) is 44.5 Å². The molecule has 3 rings (SSSR count). The summed E-state index contributed by atoms with van der Waals surface area (Å²) in [6.45, 7) is 5.78. The first-order valence-corrected chi connectivity index (χ1v) is 11.1. The molecule has 2 aromatic rings. The van der Waals surface area contributed by atoms with Crippen molar-refractivity contribution in [2.24, 2.45) is 0 Å². The maximum absolute atomic E-state index is 13.3. The number of benzene rings is 2. The summed E-state index contributed by atoms with van der Waals surface area (Å²) in [5.41, 5.74) is 2.26. The molecule has 0 amide bonds.